The van der Waals surface area contributed by atoms with Gasteiger partial charge in [-0.05, 0) is 70.1 Å². The Hall–Kier alpha value is -1.61. The molecule has 0 spiro atoms. The molecule has 2 rings (SSSR count). The first-order valence-corrected chi connectivity index (χ1v) is 12.2. The number of ether oxygens (including phenoxy) is 2. The van der Waals surface area contributed by atoms with Crippen molar-refractivity contribution in [2.45, 2.75) is 103 Å². The third-order valence-electron chi connectivity index (χ3n) is 6.64. The Labute approximate surface area is 194 Å². The van der Waals surface area contributed by atoms with E-state index >= 15 is 0 Å². The van der Waals surface area contributed by atoms with E-state index in [0.717, 1.165) is 58.0 Å². The lowest BCUT2D eigenvalue weighted by molar-refractivity contribution is -0.196. The van der Waals surface area contributed by atoms with Crippen molar-refractivity contribution in [1.82, 2.24) is 0 Å². The van der Waals surface area contributed by atoms with Crippen molar-refractivity contribution in [1.29, 1.82) is 0 Å². The number of carboxylic acids is 1. The van der Waals surface area contributed by atoms with Gasteiger partial charge in [-0.25, -0.2) is 0 Å². The van der Waals surface area contributed by atoms with Crippen LogP contribution in [0.15, 0.2) is 24.3 Å². The van der Waals surface area contributed by atoms with Crippen LogP contribution in [0.1, 0.15) is 85.0 Å². The highest BCUT2D eigenvalue weighted by atomic mass is 16.7. The lowest BCUT2D eigenvalue weighted by Crippen LogP contribution is -2.36. The van der Waals surface area contributed by atoms with Crippen molar-refractivity contribution < 1.29 is 24.5 Å². The Bertz CT molecular complexity index is 678. The van der Waals surface area contributed by atoms with Gasteiger partial charge < -0.3 is 19.7 Å². The molecule has 5 heteroatoms. The van der Waals surface area contributed by atoms with Crippen molar-refractivity contribution in [3.05, 3.63) is 24.3 Å². The van der Waals surface area contributed by atoms with Gasteiger partial charge in [-0.2, -0.15) is 0 Å². The molecule has 1 aliphatic heterocycles. The minimum atomic E-state index is -0.752. The van der Waals surface area contributed by atoms with Gasteiger partial charge in [-0.15, -0.1) is 11.8 Å². The fraction of sp³-hybridized carbons (Fsp3) is 0.741. The van der Waals surface area contributed by atoms with Crippen LogP contribution in [0.3, 0.4) is 0 Å². The van der Waals surface area contributed by atoms with E-state index in [1.807, 2.05) is 13.0 Å². The molecule has 1 heterocycles. The van der Waals surface area contributed by atoms with Gasteiger partial charge in [0.25, 0.3) is 0 Å². The number of unbranched alkanes of at least 4 members (excludes halogenated alkanes) is 1. The Morgan fingerprint density at radius 1 is 1.25 bits per heavy atom. The van der Waals surface area contributed by atoms with E-state index in [-0.39, 0.29) is 36.3 Å². The Morgan fingerprint density at radius 2 is 2.06 bits per heavy atom. The third kappa shape index (κ3) is 9.10. The highest BCUT2D eigenvalue weighted by Gasteiger charge is 2.35. The lowest BCUT2D eigenvalue weighted by Gasteiger charge is -2.35. The van der Waals surface area contributed by atoms with Crippen LogP contribution in [0.25, 0.3) is 0 Å². The predicted molar refractivity (Wildman–Crippen MR) is 127 cm³/mol. The highest BCUT2D eigenvalue weighted by Crippen LogP contribution is 2.37. The van der Waals surface area contributed by atoms with Gasteiger partial charge in [-0.3, -0.25) is 4.79 Å². The number of rotatable bonds is 12. The number of allylic oxidation sites excluding steroid dienone is 3. The van der Waals surface area contributed by atoms with E-state index < -0.39 is 5.97 Å². The molecular weight excluding hydrogens is 404 g/mol. The van der Waals surface area contributed by atoms with Crippen LogP contribution >= 0.6 is 0 Å². The normalized spacial score (nSPS) is 27.5. The fourth-order valence-electron chi connectivity index (χ4n) is 4.52. The predicted octanol–water partition coefficient (Wildman–Crippen LogP) is 5.48. The first-order chi connectivity index (χ1) is 15.3. The molecule has 2 fully saturated rings. The maximum absolute atomic E-state index is 10.6. The molecule has 5 atom stereocenters. The quantitative estimate of drug-likeness (QED) is 0.236. The van der Waals surface area contributed by atoms with E-state index in [9.17, 15) is 9.90 Å². The van der Waals surface area contributed by atoms with Crippen molar-refractivity contribution in [2.24, 2.45) is 17.3 Å². The van der Waals surface area contributed by atoms with Gasteiger partial charge in [0.1, 0.15) is 0 Å². The summed E-state index contributed by atoms with van der Waals surface area (Å²) in [5.74, 6) is 5.95. The number of aliphatic hydroxyl groups excluding tert-OH is 1. The Balaban J connectivity index is 2.00. The Kier molecular flexibility index (Phi) is 11.5. The van der Waals surface area contributed by atoms with Crippen molar-refractivity contribution in [2.75, 3.05) is 6.61 Å². The molecule has 0 aromatic rings. The lowest BCUT2D eigenvalue weighted by atomic mass is 9.81. The zero-order valence-electron chi connectivity index (χ0n) is 20.1. The zero-order valence-corrected chi connectivity index (χ0v) is 20.1. The molecule has 5 nitrogen and oxygen atoms in total. The van der Waals surface area contributed by atoms with E-state index in [4.69, 9.17) is 14.6 Å². The number of hydrogen-bond acceptors (Lipinski definition) is 4. The number of aliphatic hydroxyl groups is 1. The zero-order chi connectivity index (χ0) is 23.4. The number of hydrogen-bond donors (Lipinski definition) is 2. The second kappa shape index (κ2) is 13.8. The Morgan fingerprint density at radius 3 is 2.75 bits per heavy atom. The van der Waals surface area contributed by atoms with Crippen molar-refractivity contribution in [3.8, 4) is 11.8 Å². The molecule has 180 valence electrons. The molecule has 0 bridgehead atoms. The number of carboxylic acid groups (broad SMARTS) is 1. The summed E-state index contributed by atoms with van der Waals surface area (Å²) in [4.78, 5) is 10.6. The highest BCUT2D eigenvalue weighted by molar-refractivity contribution is 5.66. The summed E-state index contributed by atoms with van der Waals surface area (Å²) >= 11 is 0. The summed E-state index contributed by atoms with van der Waals surface area (Å²) < 4.78 is 12.3. The standard InChI is InChI=1S/C27H42O5/c1-4-5-19-27(2,3)24(32-26-14-10-11-20-31-26)18-16-21-15-17-23(28)22(21)12-8-6-7-9-13-25(29)30/h6,8,16,18,21-24,26,28H,7,9-15,17,19-20H2,1-3H3,(H,29,30)/t21-,22-,23+,24-,26?/m1/s1. The topological polar surface area (TPSA) is 76.0 Å². The molecule has 0 aromatic carbocycles. The van der Waals surface area contributed by atoms with E-state index in [0.29, 0.717) is 12.3 Å². The maximum atomic E-state index is 10.6. The number of carbonyl (C=O) groups is 1. The van der Waals surface area contributed by atoms with Crippen LogP contribution in [-0.4, -0.2) is 41.3 Å². The molecule has 1 saturated carbocycles. The fourth-order valence-corrected chi connectivity index (χ4v) is 4.52. The van der Waals surface area contributed by atoms with Gasteiger partial charge in [0, 0.05) is 24.9 Å². The van der Waals surface area contributed by atoms with Crippen LogP contribution in [0.2, 0.25) is 0 Å². The van der Waals surface area contributed by atoms with Gasteiger partial charge >= 0.3 is 5.97 Å². The summed E-state index contributed by atoms with van der Waals surface area (Å²) in [5.41, 5.74) is -0.142. The monoisotopic (exact) mass is 446 g/mol. The molecule has 2 N–H and O–H groups in total. The van der Waals surface area contributed by atoms with E-state index in [1.165, 1.54) is 0 Å². The second-order valence-corrected chi connectivity index (χ2v) is 9.80. The summed E-state index contributed by atoms with van der Waals surface area (Å²) in [6, 6.07) is 0. The summed E-state index contributed by atoms with van der Waals surface area (Å²) in [5, 5.41) is 19.3. The minimum Gasteiger partial charge on any atom is -0.481 e. The molecule has 1 saturated heterocycles. The maximum Gasteiger partial charge on any atom is 0.303 e. The summed E-state index contributed by atoms with van der Waals surface area (Å²) in [6.07, 6.45) is 16.1. The molecule has 0 aromatic heterocycles. The largest absolute Gasteiger partial charge is 0.481 e. The first-order valence-electron chi connectivity index (χ1n) is 12.2. The smallest absolute Gasteiger partial charge is 0.303 e. The number of aliphatic carboxylic acids is 1. The molecule has 0 amide bonds. The molecule has 1 aliphatic carbocycles. The van der Waals surface area contributed by atoms with Crippen LogP contribution < -0.4 is 0 Å². The molecule has 2 aliphatic rings. The van der Waals surface area contributed by atoms with Crippen LogP contribution in [0.4, 0.5) is 0 Å². The molecule has 0 radical (unpaired) electrons. The van der Waals surface area contributed by atoms with Gasteiger partial charge in [0.15, 0.2) is 6.29 Å². The second-order valence-electron chi connectivity index (χ2n) is 9.80. The molecule has 1 unspecified atom stereocenters. The summed E-state index contributed by atoms with van der Waals surface area (Å²) in [6.45, 7) is 7.00. The first kappa shape index (κ1) is 26.6. The molecule has 32 heavy (non-hydrogen) atoms. The van der Waals surface area contributed by atoms with Crippen LogP contribution in [0, 0.1) is 29.1 Å². The van der Waals surface area contributed by atoms with E-state index in [1.54, 1.807) is 0 Å². The third-order valence-corrected chi connectivity index (χ3v) is 6.64. The van der Waals surface area contributed by atoms with Crippen LogP contribution in [0.5, 0.6) is 0 Å². The molecular formula is C27H42O5. The summed E-state index contributed by atoms with van der Waals surface area (Å²) in [7, 11) is 0. The van der Waals surface area contributed by atoms with Crippen molar-refractivity contribution in [3.63, 3.8) is 0 Å². The average molecular weight is 447 g/mol. The van der Waals surface area contributed by atoms with Gasteiger partial charge in [0.2, 0.25) is 0 Å². The van der Waals surface area contributed by atoms with Crippen LogP contribution in [-0.2, 0) is 14.3 Å². The minimum absolute atomic E-state index is 0.101. The van der Waals surface area contributed by atoms with E-state index in [2.05, 4.69) is 43.9 Å². The van der Waals surface area contributed by atoms with Gasteiger partial charge in [-0.1, -0.05) is 38.2 Å². The average Bonchev–Trinajstić information content (AvgIpc) is 3.12. The van der Waals surface area contributed by atoms with Crippen molar-refractivity contribution >= 4 is 5.97 Å². The SMILES string of the molecule is CC#CCC(C)(C)[C@@H](C=C[C@H]1CC[C@H](O)[C@@H]1CC=CCCCC(=O)O)OC1CCCCO1. The van der Waals surface area contributed by atoms with Gasteiger partial charge in [0.05, 0.1) is 12.2 Å².